The Morgan fingerprint density at radius 1 is 1.14 bits per heavy atom. The number of pyridine rings is 2. The molecule has 1 aliphatic rings. The van der Waals surface area contributed by atoms with Gasteiger partial charge in [-0.2, -0.15) is 4.98 Å². The summed E-state index contributed by atoms with van der Waals surface area (Å²) in [6.07, 6.45) is 3.98. The fourth-order valence-electron chi connectivity index (χ4n) is 5.99. The number of carboxylic acid groups (broad SMARTS) is 1. The van der Waals surface area contributed by atoms with Crippen LogP contribution in [0.25, 0.3) is 34.1 Å². The van der Waals surface area contributed by atoms with Crippen molar-refractivity contribution in [2.45, 2.75) is 71.6 Å². The first-order valence-corrected chi connectivity index (χ1v) is 19.9. The molecular weight excluding hydrogens is 675 g/mol. The number of amides is 1. The number of rotatable bonds is 9. The van der Waals surface area contributed by atoms with Crippen LogP contribution in [0.3, 0.4) is 0 Å². The summed E-state index contributed by atoms with van der Waals surface area (Å²) in [5.41, 5.74) is 0.0796. The van der Waals surface area contributed by atoms with Crippen LogP contribution in [0.1, 0.15) is 58.7 Å². The maximum Gasteiger partial charge on any atom is 0.407 e. The van der Waals surface area contributed by atoms with Crippen LogP contribution in [-0.2, 0) is 4.43 Å². The average Bonchev–Trinajstić information content (AvgIpc) is 3.05. The van der Waals surface area contributed by atoms with E-state index in [1.54, 1.807) is 42.3 Å². The molecule has 1 fully saturated rings. The molecule has 14 heteroatoms. The second-order valence-electron chi connectivity index (χ2n) is 14.6. The molecule has 0 aliphatic carbocycles. The van der Waals surface area contributed by atoms with Crippen molar-refractivity contribution in [1.29, 1.82) is 0 Å². The van der Waals surface area contributed by atoms with Gasteiger partial charge < -0.3 is 24.1 Å². The Kier molecular flexibility index (Phi) is 10.7. The first kappa shape index (κ1) is 37.6. The van der Waals surface area contributed by atoms with Crippen LogP contribution in [0, 0.1) is 11.6 Å². The molecule has 11 nitrogen and oxygen atoms in total. The molecule has 5 rings (SSSR count). The second-order valence-corrected chi connectivity index (χ2v) is 19.4. The zero-order chi connectivity index (χ0) is 37.4. The smallest absolute Gasteiger partial charge is 0.407 e. The molecule has 3 aromatic heterocycles. The average molecular weight is 721 g/mol. The first-order chi connectivity index (χ1) is 24.0. The highest BCUT2D eigenvalue weighted by atomic mass is 28.4. The third-order valence-corrected chi connectivity index (χ3v) is 14.3. The Labute approximate surface area is 297 Å². The van der Waals surface area contributed by atoms with Gasteiger partial charge in [0.05, 0.1) is 24.8 Å². The van der Waals surface area contributed by atoms with Gasteiger partial charge in [0.15, 0.2) is 19.8 Å². The van der Waals surface area contributed by atoms with Crippen molar-refractivity contribution in [2.75, 3.05) is 38.3 Å². The van der Waals surface area contributed by atoms with Gasteiger partial charge in [-0.25, -0.2) is 27.9 Å². The van der Waals surface area contributed by atoms with Crippen LogP contribution in [0.15, 0.2) is 47.4 Å². The maximum absolute atomic E-state index is 16.5. The molecule has 1 N–H and O–H groups in total. The van der Waals surface area contributed by atoms with E-state index >= 15 is 8.78 Å². The zero-order valence-electron chi connectivity index (χ0n) is 30.6. The van der Waals surface area contributed by atoms with Crippen LogP contribution in [-0.4, -0.2) is 83.3 Å². The number of methoxy groups -OCH3 is 1. The normalized spacial score (nSPS) is 15.7. The largest absolute Gasteiger partial charge is 0.494 e. The monoisotopic (exact) mass is 720 g/mol. The molecule has 1 aromatic carbocycles. The highest BCUT2D eigenvalue weighted by molar-refractivity contribution is 6.74. The topological polar surface area (TPSA) is 123 Å². The molecule has 272 valence electrons. The highest BCUT2D eigenvalue weighted by Gasteiger charge is 2.37. The molecule has 1 atom stereocenters. The molecule has 4 heterocycles. The second kappa shape index (κ2) is 14.5. The van der Waals surface area contributed by atoms with Crippen LogP contribution in [0.5, 0.6) is 5.75 Å². The SMILES string of the molecule is COc1ccnc(C(C)C)c1-n1c(=O)nc(N2CCN(C(=O)O)C[C@@H]2C)c2cc(F)c(-c3c(F)cccc3/C=C/CO[Si](C)(C)C(C)(C)C)nc21. The van der Waals surface area contributed by atoms with Gasteiger partial charge in [0.1, 0.15) is 28.8 Å². The number of carbonyl (C=O) groups is 1. The Bertz CT molecular complexity index is 2040. The van der Waals surface area contributed by atoms with E-state index in [1.165, 1.54) is 34.8 Å². The lowest BCUT2D eigenvalue weighted by molar-refractivity contribution is 0.136. The van der Waals surface area contributed by atoms with Crippen LogP contribution >= 0.6 is 0 Å². The lowest BCUT2D eigenvalue weighted by Gasteiger charge is -2.39. The predicted octanol–water partition coefficient (Wildman–Crippen LogP) is 7.48. The van der Waals surface area contributed by atoms with Crippen molar-refractivity contribution in [1.82, 2.24) is 24.4 Å². The van der Waals surface area contributed by atoms with E-state index in [0.29, 0.717) is 23.6 Å². The Balaban J connectivity index is 1.76. The van der Waals surface area contributed by atoms with E-state index in [0.717, 1.165) is 0 Å². The van der Waals surface area contributed by atoms with Gasteiger partial charge in [0.25, 0.3) is 0 Å². The van der Waals surface area contributed by atoms with Crippen LogP contribution in [0.2, 0.25) is 18.1 Å². The van der Waals surface area contributed by atoms with Crippen molar-refractivity contribution in [3.05, 3.63) is 76.0 Å². The summed E-state index contributed by atoms with van der Waals surface area (Å²) in [5.74, 6) is -1.23. The van der Waals surface area contributed by atoms with Gasteiger partial charge in [-0.3, -0.25) is 4.98 Å². The summed E-state index contributed by atoms with van der Waals surface area (Å²) in [7, 11) is -0.592. The van der Waals surface area contributed by atoms with E-state index in [-0.39, 0.29) is 64.4 Å². The van der Waals surface area contributed by atoms with Crippen LogP contribution in [0.4, 0.5) is 19.4 Å². The van der Waals surface area contributed by atoms with Crippen LogP contribution < -0.4 is 15.3 Å². The molecule has 1 amide bonds. The highest BCUT2D eigenvalue weighted by Crippen LogP contribution is 2.38. The number of benzene rings is 1. The Hall–Kier alpha value is -4.69. The molecule has 4 aromatic rings. The standard InChI is InChI=1S/C37H46F2N6O5Si/c1-22(2)30-32(28(49-7)15-16-40-30)45-34-25(33(42-35(45)46)44-18-17-43(36(47)48)21-23(44)3)20-27(39)31(41-34)29-24(12-10-14-26(29)38)13-11-19-50-51(8,9)37(4,5)6/h10-16,20,22-23H,17-19,21H2,1-9H3,(H,47,48)/b13-11+/t23-/m0/s1. The minimum Gasteiger partial charge on any atom is -0.494 e. The van der Waals surface area contributed by atoms with E-state index < -0.39 is 37.8 Å². The van der Waals surface area contributed by atoms with E-state index in [9.17, 15) is 14.7 Å². The lowest BCUT2D eigenvalue weighted by atomic mass is 10.0. The number of fused-ring (bicyclic) bond motifs is 1. The van der Waals surface area contributed by atoms with Crippen molar-refractivity contribution in [3.63, 3.8) is 0 Å². The minimum absolute atomic E-state index is 0.000517. The van der Waals surface area contributed by atoms with Crippen molar-refractivity contribution in [2.24, 2.45) is 0 Å². The van der Waals surface area contributed by atoms with Gasteiger partial charge in [-0.15, -0.1) is 0 Å². The molecule has 0 bridgehead atoms. The van der Waals surface area contributed by atoms with Gasteiger partial charge in [0.2, 0.25) is 0 Å². The molecule has 51 heavy (non-hydrogen) atoms. The van der Waals surface area contributed by atoms with Gasteiger partial charge >= 0.3 is 11.8 Å². The van der Waals surface area contributed by atoms with Crippen molar-refractivity contribution >= 4 is 37.3 Å². The molecule has 1 aliphatic heterocycles. The summed E-state index contributed by atoms with van der Waals surface area (Å²) >= 11 is 0. The number of hydrogen-bond acceptors (Lipinski definition) is 8. The number of piperazine rings is 1. The number of hydrogen-bond donors (Lipinski definition) is 1. The summed E-state index contributed by atoms with van der Waals surface area (Å²) < 4.78 is 45.6. The third kappa shape index (κ3) is 7.38. The number of nitrogens with zero attached hydrogens (tertiary/aromatic N) is 6. The summed E-state index contributed by atoms with van der Waals surface area (Å²) in [5, 5.41) is 9.77. The fourth-order valence-corrected chi connectivity index (χ4v) is 6.93. The molecular formula is C37H46F2N6O5Si. The fraction of sp³-hybridized carbons (Fsp3) is 0.432. The number of ether oxygens (including phenoxy) is 1. The minimum atomic E-state index is -2.06. The van der Waals surface area contributed by atoms with E-state index in [1.807, 2.05) is 13.8 Å². The van der Waals surface area contributed by atoms with Gasteiger partial charge in [0, 0.05) is 43.5 Å². The molecule has 0 radical (unpaired) electrons. The van der Waals surface area contributed by atoms with Gasteiger partial charge in [-0.1, -0.05) is 58.9 Å². The van der Waals surface area contributed by atoms with E-state index in [2.05, 4.69) is 43.8 Å². The summed E-state index contributed by atoms with van der Waals surface area (Å²) in [6.45, 7) is 17.1. The molecule has 1 saturated heterocycles. The Morgan fingerprint density at radius 3 is 2.49 bits per heavy atom. The zero-order valence-corrected chi connectivity index (χ0v) is 31.6. The van der Waals surface area contributed by atoms with E-state index in [4.69, 9.17) is 14.1 Å². The molecule has 0 spiro atoms. The van der Waals surface area contributed by atoms with Gasteiger partial charge in [-0.05, 0) is 48.7 Å². The molecule has 0 saturated carbocycles. The Morgan fingerprint density at radius 2 is 1.86 bits per heavy atom. The van der Waals surface area contributed by atoms with Crippen molar-refractivity contribution < 1.29 is 27.8 Å². The number of anilines is 1. The predicted molar refractivity (Wildman–Crippen MR) is 198 cm³/mol. The lowest BCUT2D eigenvalue weighted by Crippen LogP contribution is -2.54. The number of aromatic nitrogens is 4. The first-order valence-electron chi connectivity index (χ1n) is 17.0. The summed E-state index contributed by atoms with van der Waals surface area (Å²) in [6, 6.07) is 6.86. The summed E-state index contributed by atoms with van der Waals surface area (Å²) in [4.78, 5) is 42.7. The third-order valence-electron chi connectivity index (χ3n) is 9.80. The maximum atomic E-state index is 16.5. The van der Waals surface area contributed by atoms with Crippen molar-refractivity contribution in [3.8, 4) is 22.7 Å². The molecule has 0 unspecified atom stereocenters. The quantitative estimate of drug-likeness (QED) is 0.175. The number of halogens is 2.